The van der Waals surface area contributed by atoms with Crippen molar-refractivity contribution in [1.29, 1.82) is 0 Å². The summed E-state index contributed by atoms with van der Waals surface area (Å²) in [7, 11) is 0. The van der Waals surface area contributed by atoms with Crippen LogP contribution in [0, 0.1) is 5.92 Å². The number of hydrogen-bond acceptors (Lipinski definition) is 4. The zero-order valence-electron chi connectivity index (χ0n) is 16.3. The molecule has 30 heavy (non-hydrogen) atoms. The quantitative estimate of drug-likeness (QED) is 0.741. The monoisotopic (exact) mass is 448 g/mol. The Bertz CT molecular complexity index is 949. The molecular weight excluding hydrogens is 427 g/mol. The lowest BCUT2D eigenvalue weighted by Crippen LogP contribution is -2.43. The van der Waals surface area contributed by atoms with E-state index in [1.807, 2.05) is 0 Å². The Morgan fingerprint density at radius 1 is 1.00 bits per heavy atom. The van der Waals surface area contributed by atoms with Gasteiger partial charge in [0.05, 0.1) is 29.8 Å². The Morgan fingerprint density at radius 3 is 2.43 bits per heavy atom. The van der Waals surface area contributed by atoms with Gasteiger partial charge < -0.3 is 19.7 Å². The van der Waals surface area contributed by atoms with Crippen molar-refractivity contribution in [3.8, 4) is 11.5 Å². The second-order valence-corrected chi connectivity index (χ2v) is 8.26. The van der Waals surface area contributed by atoms with Crippen molar-refractivity contribution in [1.82, 2.24) is 4.90 Å². The van der Waals surface area contributed by atoms with Crippen LogP contribution in [-0.4, -0.2) is 43.0 Å². The van der Waals surface area contributed by atoms with E-state index >= 15 is 0 Å². The molecule has 158 valence electrons. The highest BCUT2D eigenvalue weighted by molar-refractivity contribution is 6.34. The second-order valence-electron chi connectivity index (χ2n) is 7.42. The molecule has 4 rings (SSSR count). The highest BCUT2D eigenvalue weighted by atomic mass is 35.5. The van der Waals surface area contributed by atoms with Crippen LogP contribution in [0.15, 0.2) is 36.4 Å². The third-order valence-corrected chi connectivity index (χ3v) is 5.83. The van der Waals surface area contributed by atoms with Gasteiger partial charge in [-0.05, 0) is 37.1 Å². The molecule has 2 heterocycles. The molecule has 1 unspecified atom stereocenters. The lowest BCUT2D eigenvalue weighted by Gasteiger charge is -2.32. The van der Waals surface area contributed by atoms with Crippen molar-refractivity contribution in [2.24, 2.45) is 5.92 Å². The van der Waals surface area contributed by atoms with Crippen LogP contribution in [0.25, 0.3) is 0 Å². The number of anilines is 1. The van der Waals surface area contributed by atoms with Crippen LogP contribution >= 0.6 is 23.2 Å². The maximum atomic E-state index is 12.9. The minimum Gasteiger partial charge on any atom is -0.490 e. The van der Waals surface area contributed by atoms with Gasteiger partial charge in [-0.1, -0.05) is 23.2 Å². The van der Waals surface area contributed by atoms with Gasteiger partial charge in [-0.2, -0.15) is 0 Å². The molecular formula is C22H22Cl2N2O4. The molecule has 6 nitrogen and oxygen atoms in total. The van der Waals surface area contributed by atoms with E-state index in [2.05, 4.69) is 5.32 Å². The molecule has 1 N–H and O–H groups in total. The van der Waals surface area contributed by atoms with Crippen LogP contribution in [0.3, 0.4) is 0 Å². The Balaban J connectivity index is 1.44. The molecule has 2 amide bonds. The standard InChI is InChI=1S/C22H22Cl2N2O4/c23-16-6-4-14(5-7-16)22(28)26-8-1-3-15(13-26)21(27)25-18-12-20-19(11-17(18)24)29-9-2-10-30-20/h4-7,11-12,15H,1-3,8-10,13H2,(H,25,27). The summed E-state index contributed by atoms with van der Waals surface area (Å²) in [6.07, 6.45) is 2.25. The molecule has 1 atom stereocenters. The third-order valence-electron chi connectivity index (χ3n) is 5.27. The first-order valence-electron chi connectivity index (χ1n) is 9.96. The summed E-state index contributed by atoms with van der Waals surface area (Å²) < 4.78 is 11.3. The molecule has 0 aromatic heterocycles. The largest absolute Gasteiger partial charge is 0.490 e. The van der Waals surface area contributed by atoms with Crippen LogP contribution in [-0.2, 0) is 4.79 Å². The van der Waals surface area contributed by atoms with Gasteiger partial charge in [-0.15, -0.1) is 0 Å². The van der Waals surface area contributed by atoms with Crippen LogP contribution in [0.5, 0.6) is 11.5 Å². The molecule has 1 fully saturated rings. The number of fused-ring (bicyclic) bond motifs is 1. The molecule has 0 spiro atoms. The number of carbonyl (C=O) groups is 2. The van der Waals surface area contributed by atoms with E-state index in [1.54, 1.807) is 41.3 Å². The molecule has 1 saturated heterocycles. The van der Waals surface area contributed by atoms with Gasteiger partial charge in [0.2, 0.25) is 5.91 Å². The highest BCUT2D eigenvalue weighted by Gasteiger charge is 2.29. The van der Waals surface area contributed by atoms with Gasteiger partial charge in [0.25, 0.3) is 5.91 Å². The summed E-state index contributed by atoms with van der Waals surface area (Å²) >= 11 is 12.2. The van der Waals surface area contributed by atoms with E-state index in [0.29, 0.717) is 65.5 Å². The Morgan fingerprint density at radius 2 is 1.70 bits per heavy atom. The van der Waals surface area contributed by atoms with Crippen molar-refractivity contribution >= 4 is 40.7 Å². The zero-order chi connectivity index (χ0) is 21.1. The van der Waals surface area contributed by atoms with Crippen LogP contribution < -0.4 is 14.8 Å². The molecule has 0 aliphatic carbocycles. The number of halogens is 2. The lowest BCUT2D eigenvalue weighted by molar-refractivity contribution is -0.121. The fourth-order valence-electron chi connectivity index (χ4n) is 3.67. The molecule has 2 aromatic rings. The summed E-state index contributed by atoms with van der Waals surface area (Å²) in [6, 6.07) is 10.1. The van der Waals surface area contributed by atoms with E-state index in [0.717, 1.165) is 12.8 Å². The highest BCUT2D eigenvalue weighted by Crippen LogP contribution is 2.38. The number of hydrogen-bond donors (Lipinski definition) is 1. The summed E-state index contributed by atoms with van der Waals surface area (Å²) in [5, 5.41) is 3.86. The van der Waals surface area contributed by atoms with Gasteiger partial charge in [0, 0.05) is 42.2 Å². The minimum absolute atomic E-state index is 0.0993. The van der Waals surface area contributed by atoms with Gasteiger partial charge in [0.15, 0.2) is 11.5 Å². The fourth-order valence-corrected chi connectivity index (χ4v) is 3.99. The molecule has 2 aliphatic heterocycles. The Labute approximate surface area is 185 Å². The Kier molecular flexibility index (Phi) is 6.35. The number of likely N-dealkylation sites (tertiary alicyclic amines) is 1. The average Bonchev–Trinajstić information content (AvgIpc) is 2.99. The summed E-state index contributed by atoms with van der Waals surface area (Å²) in [4.78, 5) is 27.4. The molecule has 0 bridgehead atoms. The van der Waals surface area contributed by atoms with Gasteiger partial charge >= 0.3 is 0 Å². The van der Waals surface area contributed by atoms with E-state index in [-0.39, 0.29) is 17.7 Å². The number of nitrogens with one attached hydrogen (secondary N) is 1. The first-order chi connectivity index (χ1) is 14.5. The predicted molar refractivity (Wildman–Crippen MR) is 116 cm³/mol. The van der Waals surface area contributed by atoms with Gasteiger partial charge in [-0.25, -0.2) is 0 Å². The number of piperidine rings is 1. The summed E-state index contributed by atoms with van der Waals surface area (Å²) in [5.41, 5.74) is 1.04. The van der Waals surface area contributed by atoms with Gasteiger partial charge in [-0.3, -0.25) is 9.59 Å². The number of rotatable bonds is 3. The van der Waals surface area contributed by atoms with E-state index in [1.165, 1.54) is 0 Å². The van der Waals surface area contributed by atoms with E-state index in [4.69, 9.17) is 32.7 Å². The lowest BCUT2D eigenvalue weighted by atomic mass is 9.96. The third kappa shape index (κ3) is 4.65. The zero-order valence-corrected chi connectivity index (χ0v) is 17.8. The van der Waals surface area contributed by atoms with Crippen LogP contribution in [0.2, 0.25) is 10.0 Å². The first-order valence-corrected chi connectivity index (χ1v) is 10.7. The Hall–Kier alpha value is -2.44. The molecule has 0 saturated carbocycles. The number of amides is 2. The summed E-state index contributed by atoms with van der Waals surface area (Å²) in [6.45, 7) is 2.09. The number of nitrogens with zero attached hydrogens (tertiary/aromatic N) is 1. The smallest absolute Gasteiger partial charge is 0.253 e. The maximum Gasteiger partial charge on any atom is 0.253 e. The molecule has 2 aromatic carbocycles. The van der Waals surface area contributed by atoms with E-state index in [9.17, 15) is 9.59 Å². The van der Waals surface area contributed by atoms with Crippen LogP contribution in [0.1, 0.15) is 29.6 Å². The van der Waals surface area contributed by atoms with Crippen molar-refractivity contribution in [3.05, 3.63) is 52.0 Å². The topological polar surface area (TPSA) is 67.9 Å². The van der Waals surface area contributed by atoms with Crippen LogP contribution in [0.4, 0.5) is 5.69 Å². The fraction of sp³-hybridized carbons (Fsp3) is 0.364. The maximum absolute atomic E-state index is 12.9. The summed E-state index contributed by atoms with van der Waals surface area (Å²) in [5.74, 6) is 0.558. The number of carbonyl (C=O) groups excluding carboxylic acids is 2. The van der Waals surface area contributed by atoms with Crippen molar-refractivity contribution < 1.29 is 19.1 Å². The van der Waals surface area contributed by atoms with Crippen molar-refractivity contribution in [2.45, 2.75) is 19.3 Å². The number of ether oxygens (including phenoxy) is 2. The van der Waals surface area contributed by atoms with Crippen molar-refractivity contribution in [2.75, 3.05) is 31.6 Å². The molecule has 0 radical (unpaired) electrons. The second kappa shape index (κ2) is 9.14. The minimum atomic E-state index is -0.318. The van der Waals surface area contributed by atoms with Gasteiger partial charge in [0.1, 0.15) is 0 Å². The average molecular weight is 449 g/mol. The van der Waals surface area contributed by atoms with E-state index < -0.39 is 0 Å². The number of benzene rings is 2. The SMILES string of the molecule is O=C(Nc1cc2c(cc1Cl)OCCCO2)C1CCCN(C(=O)c2ccc(Cl)cc2)C1. The molecule has 2 aliphatic rings. The molecule has 8 heteroatoms. The van der Waals surface area contributed by atoms with Crippen molar-refractivity contribution in [3.63, 3.8) is 0 Å². The normalized spacial score (nSPS) is 18.5. The first kappa shape index (κ1) is 20.8. The predicted octanol–water partition coefficient (Wildman–Crippen LogP) is 4.65.